The maximum atomic E-state index is 11.1. The van der Waals surface area contributed by atoms with Gasteiger partial charge in [-0.15, -0.1) is 0 Å². The Bertz CT molecular complexity index is 583. The Morgan fingerprint density at radius 3 is 2.89 bits per heavy atom. The Balaban J connectivity index is 2.50. The van der Waals surface area contributed by atoms with Gasteiger partial charge in [-0.1, -0.05) is 13.0 Å². The van der Waals surface area contributed by atoms with Crippen molar-refractivity contribution in [3.8, 4) is 0 Å². The summed E-state index contributed by atoms with van der Waals surface area (Å²) >= 11 is 0. The van der Waals surface area contributed by atoms with Crippen LogP contribution in [0.5, 0.6) is 0 Å². The third-order valence-corrected chi connectivity index (χ3v) is 2.74. The average molecular weight is 245 g/mol. The number of hydrogen-bond donors (Lipinski definition) is 1. The van der Waals surface area contributed by atoms with E-state index < -0.39 is 5.97 Å². The van der Waals surface area contributed by atoms with Crippen LogP contribution in [0.1, 0.15) is 23.7 Å². The second kappa shape index (κ2) is 5.00. The van der Waals surface area contributed by atoms with E-state index in [4.69, 9.17) is 5.11 Å². The smallest absolute Gasteiger partial charge is 0.336 e. The Hall–Kier alpha value is -2.17. The number of anilines is 1. The molecule has 2 rings (SSSR count). The Kier molecular flexibility index (Phi) is 3.41. The van der Waals surface area contributed by atoms with Crippen molar-refractivity contribution in [3.05, 3.63) is 30.0 Å². The maximum absolute atomic E-state index is 11.1. The molecule has 94 valence electrons. The fraction of sp³-hybridized carbons (Fsp3) is 0.308. The molecule has 1 aromatic heterocycles. The molecule has 0 bridgehead atoms. The van der Waals surface area contributed by atoms with Crippen LogP contribution in [0.25, 0.3) is 10.9 Å². The standard InChI is InChI=1S/C13H15N3O2/c1-3-7-16(2)13-14-8-10-9(12(17)18)5-4-6-11(10)15-13/h4-6,8H,3,7H2,1-2H3,(H,17,18). The van der Waals surface area contributed by atoms with E-state index in [0.717, 1.165) is 13.0 Å². The van der Waals surface area contributed by atoms with Crippen LogP contribution >= 0.6 is 0 Å². The molecule has 0 spiro atoms. The van der Waals surface area contributed by atoms with Crippen LogP contribution in [0.2, 0.25) is 0 Å². The number of benzene rings is 1. The number of rotatable bonds is 4. The van der Waals surface area contributed by atoms with Crippen LogP contribution in [0.4, 0.5) is 5.95 Å². The average Bonchev–Trinajstić information content (AvgIpc) is 2.37. The monoisotopic (exact) mass is 245 g/mol. The third-order valence-electron chi connectivity index (χ3n) is 2.74. The molecule has 18 heavy (non-hydrogen) atoms. The highest BCUT2D eigenvalue weighted by Crippen LogP contribution is 2.18. The molecule has 0 aliphatic heterocycles. The summed E-state index contributed by atoms with van der Waals surface area (Å²) in [4.78, 5) is 21.6. The summed E-state index contributed by atoms with van der Waals surface area (Å²) in [5.74, 6) is -0.342. The molecule has 0 unspecified atom stereocenters. The van der Waals surface area contributed by atoms with Crippen LogP contribution in [0, 0.1) is 0 Å². The SMILES string of the molecule is CCCN(C)c1ncc2c(C(=O)O)cccc2n1. The van der Waals surface area contributed by atoms with Gasteiger partial charge in [-0.2, -0.15) is 0 Å². The number of carbonyl (C=O) groups is 1. The quantitative estimate of drug-likeness (QED) is 0.894. The van der Waals surface area contributed by atoms with Crippen molar-refractivity contribution in [2.45, 2.75) is 13.3 Å². The van der Waals surface area contributed by atoms with Crippen molar-refractivity contribution in [3.63, 3.8) is 0 Å². The number of carboxylic acids is 1. The van der Waals surface area contributed by atoms with Crippen molar-refractivity contribution in [1.29, 1.82) is 0 Å². The van der Waals surface area contributed by atoms with Gasteiger partial charge in [0.2, 0.25) is 5.95 Å². The second-order valence-electron chi connectivity index (χ2n) is 4.14. The first-order valence-electron chi connectivity index (χ1n) is 5.83. The van der Waals surface area contributed by atoms with E-state index in [-0.39, 0.29) is 5.56 Å². The lowest BCUT2D eigenvalue weighted by molar-refractivity contribution is 0.0699. The van der Waals surface area contributed by atoms with E-state index in [1.54, 1.807) is 24.4 Å². The highest BCUT2D eigenvalue weighted by atomic mass is 16.4. The van der Waals surface area contributed by atoms with E-state index in [9.17, 15) is 4.79 Å². The zero-order valence-electron chi connectivity index (χ0n) is 10.4. The van der Waals surface area contributed by atoms with Gasteiger partial charge in [0, 0.05) is 25.2 Å². The summed E-state index contributed by atoms with van der Waals surface area (Å²) in [6, 6.07) is 5.05. The minimum absolute atomic E-state index is 0.234. The van der Waals surface area contributed by atoms with Crippen molar-refractivity contribution >= 4 is 22.8 Å². The third kappa shape index (κ3) is 2.25. The summed E-state index contributed by atoms with van der Waals surface area (Å²) < 4.78 is 0. The molecule has 2 aromatic rings. The first kappa shape index (κ1) is 12.3. The van der Waals surface area contributed by atoms with E-state index in [2.05, 4.69) is 16.9 Å². The molecular weight excluding hydrogens is 230 g/mol. The number of fused-ring (bicyclic) bond motifs is 1. The lowest BCUT2D eigenvalue weighted by Gasteiger charge is -2.16. The van der Waals surface area contributed by atoms with E-state index >= 15 is 0 Å². The van der Waals surface area contributed by atoms with Gasteiger partial charge in [-0.05, 0) is 18.6 Å². The molecule has 0 saturated heterocycles. The normalized spacial score (nSPS) is 10.6. The minimum atomic E-state index is -0.959. The predicted molar refractivity (Wildman–Crippen MR) is 70.1 cm³/mol. The van der Waals surface area contributed by atoms with E-state index in [1.165, 1.54) is 0 Å². The molecule has 1 aromatic carbocycles. The largest absolute Gasteiger partial charge is 0.478 e. The highest BCUT2D eigenvalue weighted by molar-refractivity contribution is 6.02. The molecule has 5 heteroatoms. The van der Waals surface area contributed by atoms with Crippen molar-refractivity contribution in [2.24, 2.45) is 0 Å². The van der Waals surface area contributed by atoms with Crippen molar-refractivity contribution in [1.82, 2.24) is 9.97 Å². The van der Waals surface area contributed by atoms with Gasteiger partial charge in [-0.3, -0.25) is 0 Å². The molecule has 0 atom stereocenters. The molecule has 1 N–H and O–H groups in total. The highest BCUT2D eigenvalue weighted by Gasteiger charge is 2.11. The van der Waals surface area contributed by atoms with Crippen LogP contribution in [-0.2, 0) is 0 Å². The van der Waals surface area contributed by atoms with Gasteiger partial charge in [0.05, 0.1) is 11.1 Å². The zero-order valence-corrected chi connectivity index (χ0v) is 10.4. The Morgan fingerprint density at radius 2 is 2.22 bits per heavy atom. The van der Waals surface area contributed by atoms with Gasteiger partial charge >= 0.3 is 5.97 Å². The number of carboxylic acid groups (broad SMARTS) is 1. The molecule has 5 nitrogen and oxygen atoms in total. The number of aromatic nitrogens is 2. The molecule has 1 heterocycles. The number of nitrogens with zero attached hydrogens (tertiary/aromatic N) is 3. The summed E-state index contributed by atoms with van der Waals surface area (Å²) in [7, 11) is 1.92. The molecule has 0 radical (unpaired) electrons. The summed E-state index contributed by atoms with van der Waals surface area (Å²) in [5, 5.41) is 9.65. The van der Waals surface area contributed by atoms with E-state index in [0.29, 0.717) is 16.9 Å². The van der Waals surface area contributed by atoms with Crippen LogP contribution < -0.4 is 4.90 Å². The van der Waals surface area contributed by atoms with Crippen LogP contribution in [-0.4, -0.2) is 34.6 Å². The van der Waals surface area contributed by atoms with Crippen molar-refractivity contribution in [2.75, 3.05) is 18.5 Å². The summed E-state index contributed by atoms with van der Waals surface area (Å²) in [5.41, 5.74) is 0.889. The molecule has 0 amide bonds. The fourth-order valence-electron chi connectivity index (χ4n) is 1.85. The minimum Gasteiger partial charge on any atom is -0.478 e. The molecule has 0 aliphatic carbocycles. The number of aromatic carboxylic acids is 1. The summed E-state index contributed by atoms with van der Waals surface area (Å²) in [6.07, 6.45) is 2.58. The zero-order chi connectivity index (χ0) is 13.1. The summed E-state index contributed by atoms with van der Waals surface area (Å²) in [6.45, 7) is 2.95. The van der Waals surface area contributed by atoms with Gasteiger partial charge < -0.3 is 10.0 Å². The first-order valence-corrected chi connectivity index (χ1v) is 5.83. The van der Waals surface area contributed by atoms with Gasteiger partial charge in [-0.25, -0.2) is 14.8 Å². The van der Waals surface area contributed by atoms with E-state index in [1.807, 2.05) is 11.9 Å². The van der Waals surface area contributed by atoms with Crippen LogP contribution in [0.15, 0.2) is 24.4 Å². The lowest BCUT2D eigenvalue weighted by atomic mass is 10.1. The Labute approximate surface area is 105 Å². The fourth-order valence-corrected chi connectivity index (χ4v) is 1.85. The molecule has 0 fully saturated rings. The van der Waals surface area contributed by atoms with Crippen LogP contribution in [0.3, 0.4) is 0 Å². The predicted octanol–water partition coefficient (Wildman–Crippen LogP) is 2.17. The van der Waals surface area contributed by atoms with Gasteiger partial charge in [0.1, 0.15) is 0 Å². The topological polar surface area (TPSA) is 66.3 Å². The van der Waals surface area contributed by atoms with Crippen molar-refractivity contribution < 1.29 is 9.90 Å². The maximum Gasteiger partial charge on any atom is 0.336 e. The Morgan fingerprint density at radius 1 is 1.44 bits per heavy atom. The first-order chi connectivity index (χ1) is 8.63. The second-order valence-corrected chi connectivity index (χ2v) is 4.14. The molecular formula is C13H15N3O2. The van der Waals surface area contributed by atoms with Gasteiger partial charge in [0.15, 0.2) is 0 Å². The molecule has 0 aliphatic rings. The number of hydrogen-bond acceptors (Lipinski definition) is 4. The van der Waals surface area contributed by atoms with Gasteiger partial charge in [0.25, 0.3) is 0 Å². The lowest BCUT2D eigenvalue weighted by Crippen LogP contribution is -2.20. The molecule has 0 saturated carbocycles.